The van der Waals surface area contributed by atoms with Crippen molar-refractivity contribution in [2.45, 2.75) is 11.7 Å². The summed E-state index contributed by atoms with van der Waals surface area (Å²) in [6.45, 7) is 0. The number of carbonyl (C=O) groups is 1. The lowest BCUT2D eigenvalue weighted by atomic mass is 10.3. The Morgan fingerprint density at radius 2 is 2.60 bits per heavy atom. The molecule has 54 valence electrons. The van der Waals surface area contributed by atoms with Crippen molar-refractivity contribution in [3.63, 3.8) is 0 Å². The van der Waals surface area contributed by atoms with Crippen LogP contribution in [0.2, 0.25) is 0 Å². The molecule has 0 saturated carbocycles. The second-order valence-corrected chi connectivity index (χ2v) is 4.54. The Morgan fingerprint density at radius 1 is 1.80 bits per heavy atom. The number of hydrazine groups is 1. The second kappa shape index (κ2) is 2.18. The lowest BCUT2D eigenvalue weighted by Crippen LogP contribution is -2.30. The van der Waals surface area contributed by atoms with Crippen molar-refractivity contribution in [2.24, 2.45) is 5.84 Å². The maximum Gasteiger partial charge on any atom is 0.242 e. The monoisotopic (exact) mass is 174 g/mol. The van der Waals surface area contributed by atoms with E-state index in [1.54, 1.807) is 21.6 Å². The zero-order valence-electron chi connectivity index (χ0n) is 5.11. The van der Waals surface area contributed by atoms with Crippen LogP contribution in [-0.4, -0.2) is 16.2 Å². The van der Waals surface area contributed by atoms with Gasteiger partial charge in [0.25, 0.3) is 0 Å². The van der Waals surface area contributed by atoms with E-state index in [9.17, 15) is 4.79 Å². The average Bonchev–Trinajstić information content (AvgIpc) is 2.41. The number of carbonyl (C=O) groups excluding carboxylic acids is 1. The molecule has 1 fully saturated rings. The summed E-state index contributed by atoms with van der Waals surface area (Å²) in [5.41, 5.74) is 0.972. The first-order valence-corrected chi connectivity index (χ1v) is 5.16. The zero-order valence-corrected chi connectivity index (χ0v) is 6.74. The number of nitrogens with two attached hydrogens (primary N) is 1. The molecule has 0 aromatic rings. The molecule has 2 heterocycles. The van der Waals surface area contributed by atoms with Crippen LogP contribution in [0.3, 0.4) is 0 Å². The summed E-state index contributed by atoms with van der Waals surface area (Å²) in [6.07, 6.45) is 0.569. The molecule has 1 amide bonds. The molecule has 0 bridgehead atoms. The molecule has 1 atom stereocenters. The van der Waals surface area contributed by atoms with Crippen molar-refractivity contribution in [2.75, 3.05) is 0 Å². The molecule has 1 unspecified atom stereocenters. The lowest BCUT2D eigenvalue weighted by molar-refractivity contribution is -0.126. The quantitative estimate of drug-likeness (QED) is 0.333. The van der Waals surface area contributed by atoms with Crippen LogP contribution in [0.25, 0.3) is 0 Å². The van der Waals surface area contributed by atoms with Gasteiger partial charge in [-0.05, 0) is 0 Å². The highest BCUT2D eigenvalue weighted by atomic mass is 33.1. The van der Waals surface area contributed by atoms with E-state index in [1.165, 1.54) is 5.01 Å². The molecule has 0 aromatic carbocycles. The maximum atomic E-state index is 10.9. The molecule has 1 saturated heterocycles. The van der Waals surface area contributed by atoms with Gasteiger partial charge in [-0.25, -0.2) is 5.84 Å². The normalized spacial score (nSPS) is 30.9. The first kappa shape index (κ1) is 6.57. The van der Waals surface area contributed by atoms with Gasteiger partial charge in [0.2, 0.25) is 5.91 Å². The summed E-state index contributed by atoms with van der Waals surface area (Å²) in [7, 11) is 3.35. The van der Waals surface area contributed by atoms with E-state index >= 15 is 0 Å². The average molecular weight is 174 g/mol. The smallest absolute Gasteiger partial charge is 0.242 e. The van der Waals surface area contributed by atoms with Gasteiger partial charge in [-0.15, -0.1) is 0 Å². The third-order valence-electron chi connectivity index (χ3n) is 1.58. The Morgan fingerprint density at radius 3 is 3.30 bits per heavy atom. The summed E-state index contributed by atoms with van der Waals surface area (Å²) in [4.78, 5) is 10.9. The summed E-state index contributed by atoms with van der Waals surface area (Å²) in [5.74, 6) is 5.48. The summed E-state index contributed by atoms with van der Waals surface area (Å²) >= 11 is 0. The van der Waals surface area contributed by atoms with Gasteiger partial charge in [-0.3, -0.25) is 9.80 Å². The van der Waals surface area contributed by atoms with Crippen molar-refractivity contribution >= 4 is 27.5 Å². The first-order valence-electron chi connectivity index (χ1n) is 2.89. The Hall–Kier alpha value is -0.130. The van der Waals surface area contributed by atoms with E-state index in [0.717, 1.165) is 5.70 Å². The van der Waals surface area contributed by atoms with Crippen LogP contribution < -0.4 is 5.84 Å². The van der Waals surface area contributed by atoms with Crippen molar-refractivity contribution in [1.29, 1.82) is 0 Å². The van der Waals surface area contributed by atoms with Gasteiger partial charge in [-0.2, -0.15) is 0 Å². The van der Waals surface area contributed by atoms with E-state index in [-0.39, 0.29) is 5.91 Å². The lowest BCUT2D eigenvalue weighted by Gasteiger charge is -2.07. The van der Waals surface area contributed by atoms with Gasteiger partial charge >= 0.3 is 0 Å². The number of nitrogens with zero attached hydrogens (tertiary/aromatic N) is 1. The first-order chi connectivity index (χ1) is 4.79. The fourth-order valence-electron chi connectivity index (χ4n) is 1.02. The predicted molar refractivity (Wildman–Crippen MR) is 42.7 cm³/mol. The molecular weight excluding hydrogens is 168 g/mol. The van der Waals surface area contributed by atoms with E-state index < -0.39 is 0 Å². The third-order valence-corrected chi connectivity index (χ3v) is 3.99. The van der Waals surface area contributed by atoms with Crippen LogP contribution in [0, 0.1) is 0 Å². The standard InChI is InChI=1S/C5H6N2OS2/c6-7-3-2-9-10-4(3)1-5(7)8/h2,4H,1,6H2. The van der Waals surface area contributed by atoms with Gasteiger partial charge in [0.1, 0.15) is 0 Å². The Balaban J connectivity index is 2.30. The van der Waals surface area contributed by atoms with Crippen LogP contribution in [-0.2, 0) is 4.79 Å². The molecule has 2 aliphatic heterocycles. The van der Waals surface area contributed by atoms with Gasteiger partial charge < -0.3 is 0 Å². The topological polar surface area (TPSA) is 46.3 Å². The fraction of sp³-hybridized carbons (Fsp3) is 0.400. The van der Waals surface area contributed by atoms with E-state index in [4.69, 9.17) is 5.84 Å². The molecule has 2 rings (SSSR count). The van der Waals surface area contributed by atoms with Gasteiger partial charge in [-0.1, -0.05) is 21.6 Å². The van der Waals surface area contributed by atoms with Crippen molar-refractivity contribution in [3.8, 4) is 0 Å². The molecule has 10 heavy (non-hydrogen) atoms. The number of amides is 1. The highest BCUT2D eigenvalue weighted by molar-refractivity contribution is 8.78. The minimum atomic E-state index is 0.0315. The molecule has 2 N–H and O–H groups in total. The third kappa shape index (κ3) is 0.777. The van der Waals surface area contributed by atoms with Gasteiger partial charge in [0.05, 0.1) is 10.9 Å². The molecule has 0 aromatic heterocycles. The highest BCUT2D eigenvalue weighted by Crippen LogP contribution is 2.46. The van der Waals surface area contributed by atoms with E-state index in [0.29, 0.717) is 11.7 Å². The van der Waals surface area contributed by atoms with E-state index in [2.05, 4.69) is 0 Å². The number of hydrogen-bond donors (Lipinski definition) is 1. The van der Waals surface area contributed by atoms with Crippen LogP contribution >= 0.6 is 21.6 Å². The summed E-state index contributed by atoms with van der Waals surface area (Å²) < 4.78 is 0. The Bertz CT molecular complexity index is 216. The molecule has 0 spiro atoms. The SMILES string of the molecule is NN1C(=O)CC2SSC=C21. The summed E-state index contributed by atoms with van der Waals surface area (Å²) in [6, 6.07) is 0. The van der Waals surface area contributed by atoms with Crippen LogP contribution in [0.4, 0.5) is 0 Å². The van der Waals surface area contributed by atoms with Crippen molar-refractivity contribution < 1.29 is 4.79 Å². The van der Waals surface area contributed by atoms with Crippen molar-refractivity contribution in [3.05, 3.63) is 11.1 Å². The maximum absolute atomic E-state index is 10.9. The minimum absolute atomic E-state index is 0.0315. The second-order valence-electron chi connectivity index (χ2n) is 2.19. The Kier molecular flexibility index (Phi) is 1.43. The van der Waals surface area contributed by atoms with Crippen LogP contribution in [0.15, 0.2) is 11.1 Å². The van der Waals surface area contributed by atoms with Gasteiger partial charge in [0, 0.05) is 11.8 Å². The van der Waals surface area contributed by atoms with Crippen molar-refractivity contribution in [1.82, 2.24) is 5.01 Å². The van der Waals surface area contributed by atoms with Crippen LogP contribution in [0.1, 0.15) is 6.42 Å². The molecule has 2 aliphatic rings. The minimum Gasteiger partial charge on any atom is -0.273 e. The van der Waals surface area contributed by atoms with Crippen LogP contribution in [0.5, 0.6) is 0 Å². The number of rotatable bonds is 0. The summed E-state index contributed by atoms with van der Waals surface area (Å²) in [5, 5.41) is 3.53. The predicted octanol–water partition coefficient (Wildman–Crippen LogP) is 0.697. The number of fused-ring (bicyclic) bond motifs is 1. The molecular formula is C5H6N2OS2. The molecule has 0 radical (unpaired) electrons. The molecule has 5 heteroatoms. The highest BCUT2D eigenvalue weighted by Gasteiger charge is 2.36. The zero-order chi connectivity index (χ0) is 7.14. The van der Waals surface area contributed by atoms with Gasteiger partial charge in [0.15, 0.2) is 0 Å². The largest absolute Gasteiger partial charge is 0.273 e. The van der Waals surface area contributed by atoms with E-state index in [1.807, 2.05) is 5.41 Å². The fourth-order valence-corrected chi connectivity index (χ4v) is 3.53. The molecule has 3 nitrogen and oxygen atoms in total. The molecule has 0 aliphatic carbocycles. The Labute approximate surface area is 66.4 Å². The number of hydrogen-bond acceptors (Lipinski definition) is 4.